The Morgan fingerprint density at radius 3 is 2.60 bits per heavy atom. The van der Waals surface area contributed by atoms with Crippen LogP contribution >= 0.6 is 23.2 Å². The summed E-state index contributed by atoms with van der Waals surface area (Å²) in [5.74, 6) is -1.26. The normalized spacial score (nSPS) is 10.4. The number of nitrogens with one attached hydrogen (secondary N) is 2. The molecule has 0 aliphatic carbocycles. The lowest BCUT2D eigenvalue weighted by molar-refractivity contribution is -0.125. The van der Waals surface area contributed by atoms with Gasteiger partial charge in [-0.2, -0.15) is 0 Å². The van der Waals surface area contributed by atoms with Gasteiger partial charge in [0, 0.05) is 13.3 Å². The zero-order valence-electron chi connectivity index (χ0n) is 13.2. The van der Waals surface area contributed by atoms with Crippen LogP contribution in [0.3, 0.4) is 0 Å². The predicted octanol–water partition coefficient (Wildman–Crippen LogP) is 1.61. The fourth-order valence-corrected chi connectivity index (χ4v) is 2.35. The predicted molar refractivity (Wildman–Crippen MR) is 93.8 cm³/mol. The summed E-state index contributed by atoms with van der Waals surface area (Å²) < 4.78 is 5.97. The van der Waals surface area contributed by atoms with Gasteiger partial charge in [-0.25, -0.2) is 0 Å². The Hall–Kier alpha value is -2.35. The SMILES string of the molecule is COCC(=O)NNC(=O)c1cccn(Cc2ccc(Cl)c(Cl)c2)c1=O. The van der Waals surface area contributed by atoms with Crippen LogP contribution in [0.15, 0.2) is 41.3 Å². The number of hydrogen-bond acceptors (Lipinski definition) is 4. The highest BCUT2D eigenvalue weighted by molar-refractivity contribution is 6.42. The lowest BCUT2D eigenvalue weighted by atomic mass is 10.2. The molecule has 2 amide bonds. The number of pyridine rings is 1. The zero-order valence-corrected chi connectivity index (χ0v) is 14.7. The van der Waals surface area contributed by atoms with Crippen molar-refractivity contribution in [1.29, 1.82) is 0 Å². The van der Waals surface area contributed by atoms with E-state index >= 15 is 0 Å². The van der Waals surface area contributed by atoms with E-state index in [2.05, 4.69) is 15.6 Å². The van der Waals surface area contributed by atoms with Crippen LogP contribution in [-0.4, -0.2) is 30.1 Å². The van der Waals surface area contributed by atoms with E-state index in [0.717, 1.165) is 5.56 Å². The summed E-state index contributed by atoms with van der Waals surface area (Å²) in [4.78, 5) is 35.8. The minimum atomic E-state index is -0.724. The Morgan fingerprint density at radius 2 is 1.92 bits per heavy atom. The van der Waals surface area contributed by atoms with Crippen molar-refractivity contribution >= 4 is 35.0 Å². The second-order valence-corrected chi connectivity index (χ2v) is 5.85. The van der Waals surface area contributed by atoms with E-state index in [1.54, 1.807) is 30.5 Å². The molecule has 2 aromatic rings. The largest absolute Gasteiger partial charge is 0.375 e. The van der Waals surface area contributed by atoms with Crippen molar-refractivity contribution in [3.05, 3.63) is 68.1 Å². The molecule has 1 heterocycles. The molecule has 9 heteroatoms. The first kappa shape index (κ1) is 19.0. The summed E-state index contributed by atoms with van der Waals surface area (Å²) >= 11 is 11.8. The average Bonchev–Trinajstić information content (AvgIpc) is 2.58. The molecule has 132 valence electrons. The van der Waals surface area contributed by atoms with Crippen LogP contribution < -0.4 is 16.4 Å². The maximum atomic E-state index is 12.4. The zero-order chi connectivity index (χ0) is 18.4. The topological polar surface area (TPSA) is 89.4 Å². The molecule has 1 aromatic carbocycles. The Bertz CT molecular complexity index is 852. The number of rotatable bonds is 5. The third-order valence-corrected chi connectivity index (χ3v) is 3.93. The van der Waals surface area contributed by atoms with Crippen molar-refractivity contribution in [3.8, 4) is 0 Å². The standard InChI is InChI=1S/C16H15Cl2N3O4/c1-25-9-14(22)19-20-15(23)11-3-2-6-21(16(11)24)8-10-4-5-12(17)13(18)7-10/h2-7H,8-9H2,1H3,(H,19,22)(H,20,23). The Balaban J connectivity index is 2.16. The summed E-state index contributed by atoms with van der Waals surface area (Å²) in [6.07, 6.45) is 1.55. The van der Waals surface area contributed by atoms with Crippen molar-refractivity contribution in [2.24, 2.45) is 0 Å². The quantitative estimate of drug-likeness (QED) is 0.767. The molecule has 25 heavy (non-hydrogen) atoms. The molecule has 0 bridgehead atoms. The van der Waals surface area contributed by atoms with E-state index in [1.165, 1.54) is 17.7 Å². The highest BCUT2D eigenvalue weighted by Gasteiger charge is 2.13. The number of amides is 2. The Morgan fingerprint density at radius 1 is 1.16 bits per heavy atom. The summed E-state index contributed by atoms with van der Waals surface area (Å²) in [6, 6.07) is 7.94. The maximum Gasteiger partial charge on any atom is 0.275 e. The van der Waals surface area contributed by atoms with Gasteiger partial charge in [0.05, 0.1) is 16.6 Å². The molecule has 0 unspecified atom stereocenters. The number of halogens is 2. The molecule has 2 N–H and O–H groups in total. The fraction of sp³-hybridized carbons (Fsp3) is 0.188. The van der Waals surface area contributed by atoms with E-state index in [0.29, 0.717) is 10.0 Å². The van der Waals surface area contributed by atoms with Gasteiger partial charge in [0.25, 0.3) is 17.4 Å². The van der Waals surface area contributed by atoms with Gasteiger partial charge in [-0.1, -0.05) is 29.3 Å². The van der Waals surface area contributed by atoms with Gasteiger partial charge in [-0.3, -0.25) is 25.2 Å². The molecule has 0 fully saturated rings. The molecule has 7 nitrogen and oxygen atoms in total. The molecule has 0 atom stereocenters. The van der Waals surface area contributed by atoms with Crippen LogP contribution in [-0.2, 0) is 16.1 Å². The van der Waals surface area contributed by atoms with Gasteiger partial charge in [0.2, 0.25) is 0 Å². The van der Waals surface area contributed by atoms with E-state index < -0.39 is 17.4 Å². The van der Waals surface area contributed by atoms with Crippen LogP contribution in [0, 0.1) is 0 Å². The molecule has 2 rings (SSSR count). The molecule has 0 saturated carbocycles. The van der Waals surface area contributed by atoms with E-state index in [1.807, 2.05) is 0 Å². The van der Waals surface area contributed by atoms with Crippen LogP contribution in [0.2, 0.25) is 10.0 Å². The molecule has 0 radical (unpaired) electrons. The molecule has 0 aliphatic rings. The number of aromatic nitrogens is 1. The van der Waals surface area contributed by atoms with Gasteiger partial charge in [0.1, 0.15) is 12.2 Å². The number of hydrogen-bond donors (Lipinski definition) is 2. The van der Waals surface area contributed by atoms with Gasteiger partial charge < -0.3 is 9.30 Å². The molecule has 1 aromatic heterocycles. The lowest BCUT2D eigenvalue weighted by Crippen LogP contribution is -2.45. The van der Waals surface area contributed by atoms with Gasteiger partial charge in [0.15, 0.2) is 0 Å². The number of hydrazine groups is 1. The molecule has 0 spiro atoms. The molecule has 0 aliphatic heterocycles. The summed E-state index contributed by atoms with van der Waals surface area (Å²) in [7, 11) is 1.35. The van der Waals surface area contributed by atoms with Crippen LogP contribution in [0.4, 0.5) is 0 Å². The monoisotopic (exact) mass is 383 g/mol. The molecular formula is C16H15Cl2N3O4. The molecular weight excluding hydrogens is 369 g/mol. The smallest absolute Gasteiger partial charge is 0.275 e. The number of carbonyl (C=O) groups excluding carboxylic acids is 2. The van der Waals surface area contributed by atoms with Crippen LogP contribution in [0.5, 0.6) is 0 Å². The highest BCUT2D eigenvalue weighted by Crippen LogP contribution is 2.22. The maximum absolute atomic E-state index is 12.4. The minimum absolute atomic E-state index is 0.111. The number of ether oxygens (including phenoxy) is 1. The second kappa shape index (κ2) is 8.66. The number of carbonyl (C=O) groups is 2. The van der Waals surface area contributed by atoms with Gasteiger partial charge >= 0.3 is 0 Å². The number of methoxy groups -OCH3 is 1. The summed E-state index contributed by atoms with van der Waals surface area (Å²) in [6.45, 7) is 0.00348. The average molecular weight is 384 g/mol. The second-order valence-electron chi connectivity index (χ2n) is 5.04. The van der Waals surface area contributed by atoms with Gasteiger partial charge in [-0.05, 0) is 29.8 Å². The Labute approximate surface area is 153 Å². The van der Waals surface area contributed by atoms with Crippen molar-refractivity contribution in [3.63, 3.8) is 0 Å². The van der Waals surface area contributed by atoms with Crippen LogP contribution in [0.1, 0.15) is 15.9 Å². The minimum Gasteiger partial charge on any atom is -0.375 e. The van der Waals surface area contributed by atoms with E-state index in [-0.39, 0.29) is 18.7 Å². The molecule has 0 saturated heterocycles. The number of nitrogens with zero attached hydrogens (tertiary/aromatic N) is 1. The highest BCUT2D eigenvalue weighted by atomic mass is 35.5. The fourth-order valence-electron chi connectivity index (χ4n) is 2.03. The van der Waals surface area contributed by atoms with Crippen molar-refractivity contribution in [1.82, 2.24) is 15.4 Å². The number of benzene rings is 1. The van der Waals surface area contributed by atoms with E-state index in [9.17, 15) is 14.4 Å². The first-order valence-corrected chi connectivity index (χ1v) is 7.89. The summed E-state index contributed by atoms with van der Waals surface area (Å²) in [5.41, 5.74) is 4.44. The van der Waals surface area contributed by atoms with Crippen molar-refractivity contribution < 1.29 is 14.3 Å². The first-order valence-electron chi connectivity index (χ1n) is 7.14. The third-order valence-electron chi connectivity index (χ3n) is 3.19. The summed E-state index contributed by atoms with van der Waals surface area (Å²) in [5, 5.41) is 0.791. The van der Waals surface area contributed by atoms with Crippen molar-refractivity contribution in [2.45, 2.75) is 6.54 Å². The lowest BCUT2D eigenvalue weighted by Gasteiger charge is -2.10. The first-order chi connectivity index (χ1) is 11.9. The van der Waals surface area contributed by atoms with Gasteiger partial charge in [-0.15, -0.1) is 0 Å². The Kier molecular flexibility index (Phi) is 6.58. The van der Waals surface area contributed by atoms with Crippen molar-refractivity contribution in [2.75, 3.05) is 13.7 Å². The van der Waals surface area contributed by atoms with E-state index in [4.69, 9.17) is 23.2 Å². The third kappa shape index (κ3) is 5.06. The van der Waals surface area contributed by atoms with Crippen LogP contribution in [0.25, 0.3) is 0 Å².